The number of halogens is 2. The number of hydrogen-bond donors (Lipinski definition) is 1. The highest BCUT2D eigenvalue weighted by molar-refractivity contribution is 7.89. The number of thiazole rings is 1. The standard InChI is InChI=1S/C18H19Cl2N5O2S2/c1-24-10-16(22-11-24)29(26,27)25-8-13(12-5-3-2-4-6-12)14(9-25)21-7-15-17(19)23-18(20)28-15/h2-6,10-11,13-14,21H,7-9H2,1H3/t13-,14+/m1/s1. The van der Waals surface area contributed by atoms with Crippen LogP contribution in [0.2, 0.25) is 9.62 Å². The average molecular weight is 472 g/mol. The number of nitrogens with one attached hydrogen (secondary N) is 1. The van der Waals surface area contributed by atoms with Gasteiger partial charge in [0.2, 0.25) is 0 Å². The molecule has 3 heterocycles. The van der Waals surface area contributed by atoms with Crippen LogP contribution in [0.1, 0.15) is 16.4 Å². The Kier molecular flexibility index (Phi) is 5.97. The average Bonchev–Trinajstić information content (AvgIpc) is 3.39. The van der Waals surface area contributed by atoms with Crippen molar-refractivity contribution in [3.05, 3.63) is 62.9 Å². The summed E-state index contributed by atoms with van der Waals surface area (Å²) in [4.78, 5) is 8.89. The first-order valence-electron chi connectivity index (χ1n) is 8.91. The number of aryl methyl sites for hydroxylation is 1. The molecular formula is C18H19Cl2N5O2S2. The molecule has 2 aromatic heterocycles. The summed E-state index contributed by atoms with van der Waals surface area (Å²) in [7, 11) is -1.93. The second kappa shape index (κ2) is 8.33. The summed E-state index contributed by atoms with van der Waals surface area (Å²) in [6, 6.07) is 9.82. The van der Waals surface area contributed by atoms with Crippen molar-refractivity contribution < 1.29 is 8.42 Å². The van der Waals surface area contributed by atoms with Crippen LogP contribution < -0.4 is 5.32 Å². The molecule has 0 unspecified atom stereocenters. The highest BCUT2D eigenvalue weighted by Crippen LogP contribution is 2.32. The van der Waals surface area contributed by atoms with Gasteiger partial charge in [0, 0.05) is 44.8 Å². The van der Waals surface area contributed by atoms with Crippen LogP contribution in [0.5, 0.6) is 0 Å². The molecule has 1 aliphatic heterocycles. The number of hydrogen-bond acceptors (Lipinski definition) is 6. The van der Waals surface area contributed by atoms with E-state index in [1.54, 1.807) is 11.6 Å². The third-order valence-corrected chi connectivity index (χ3v) is 8.25. The lowest BCUT2D eigenvalue weighted by Crippen LogP contribution is -2.36. The van der Waals surface area contributed by atoms with Crippen LogP contribution in [0, 0.1) is 0 Å². The van der Waals surface area contributed by atoms with Crippen LogP contribution in [0.25, 0.3) is 0 Å². The highest BCUT2D eigenvalue weighted by Gasteiger charge is 2.40. The van der Waals surface area contributed by atoms with E-state index < -0.39 is 10.0 Å². The van der Waals surface area contributed by atoms with Gasteiger partial charge in [-0.1, -0.05) is 53.5 Å². The largest absolute Gasteiger partial charge is 0.339 e. The molecule has 0 saturated carbocycles. The van der Waals surface area contributed by atoms with Gasteiger partial charge in [-0.25, -0.2) is 18.4 Å². The quantitative estimate of drug-likeness (QED) is 0.597. The predicted octanol–water partition coefficient (Wildman–Crippen LogP) is 3.13. The van der Waals surface area contributed by atoms with E-state index in [1.807, 2.05) is 30.3 Å². The summed E-state index contributed by atoms with van der Waals surface area (Å²) in [5, 5.41) is 3.89. The Morgan fingerprint density at radius 3 is 2.62 bits per heavy atom. The normalized spacial score (nSPS) is 20.4. The third kappa shape index (κ3) is 4.35. The number of benzene rings is 1. The summed E-state index contributed by atoms with van der Waals surface area (Å²) >= 11 is 13.4. The fraction of sp³-hybridized carbons (Fsp3) is 0.333. The molecule has 1 aromatic carbocycles. The van der Waals surface area contributed by atoms with Crippen molar-refractivity contribution in [2.75, 3.05) is 13.1 Å². The minimum atomic E-state index is -3.67. The zero-order chi connectivity index (χ0) is 20.6. The summed E-state index contributed by atoms with van der Waals surface area (Å²) < 4.78 is 29.7. The molecule has 4 rings (SSSR count). The number of sulfonamides is 1. The topological polar surface area (TPSA) is 80.1 Å². The van der Waals surface area contributed by atoms with Crippen LogP contribution in [0.4, 0.5) is 0 Å². The second-order valence-corrected chi connectivity index (χ2v) is 10.8. The van der Waals surface area contributed by atoms with Crippen LogP contribution >= 0.6 is 34.5 Å². The molecule has 154 valence electrons. The van der Waals surface area contributed by atoms with E-state index in [2.05, 4.69) is 15.3 Å². The lowest BCUT2D eigenvalue weighted by molar-refractivity contribution is 0.454. The summed E-state index contributed by atoms with van der Waals surface area (Å²) in [6.07, 6.45) is 3.01. The Labute approximate surface area is 183 Å². The number of rotatable bonds is 6. The lowest BCUT2D eigenvalue weighted by atomic mass is 9.94. The van der Waals surface area contributed by atoms with E-state index in [4.69, 9.17) is 23.2 Å². The highest BCUT2D eigenvalue weighted by atomic mass is 35.5. The van der Waals surface area contributed by atoms with Crippen molar-refractivity contribution in [2.24, 2.45) is 7.05 Å². The van der Waals surface area contributed by atoms with Gasteiger partial charge in [0.15, 0.2) is 9.49 Å². The molecule has 11 heteroatoms. The summed E-state index contributed by atoms with van der Waals surface area (Å²) in [5.41, 5.74) is 1.08. The smallest absolute Gasteiger partial charge is 0.262 e. The first-order valence-corrected chi connectivity index (χ1v) is 11.9. The van der Waals surface area contributed by atoms with Gasteiger partial charge in [-0.15, -0.1) is 11.3 Å². The van der Waals surface area contributed by atoms with Crippen LogP contribution in [-0.4, -0.2) is 46.4 Å². The van der Waals surface area contributed by atoms with Gasteiger partial charge in [0.1, 0.15) is 5.15 Å². The fourth-order valence-electron chi connectivity index (χ4n) is 3.50. The number of imidazole rings is 1. The van der Waals surface area contributed by atoms with E-state index >= 15 is 0 Å². The van der Waals surface area contributed by atoms with E-state index in [-0.39, 0.29) is 17.0 Å². The summed E-state index contributed by atoms with van der Waals surface area (Å²) in [5.74, 6) is -0.00291. The molecule has 7 nitrogen and oxygen atoms in total. The van der Waals surface area contributed by atoms with Crippen molar-refractivity contribution in [1.29, 1.82) is 0 Å². The molecule has 1 saturated heterocycles. The molecule has 0 bridgehead atoms. The maximum Gasteiger partial charge on any atom is 0.262 e. The van der Waals surface area contributed by atoms with E-state index in [1.165, 1.54) is 28.2 Å². The first-order chi connectivity index (χ1) is 13.8. The predicted molar refractivity (Wildman–Crippen MR) is 114 cm³/mol. The third-order valence-electron chi connectivity index (χ3n) is 4.95. The Hall–Kier alpha value is -1.49. The minimum Gasteiger partial charge on any atom is -0.339 e. The van der Waals surface area contributed by atoms with Gasteiger partial charge in [0.25, 0.3) is 10.0 Å². The number of nitrogens with zero attached hydrogens (tertiary/aromatic N) is 4. The Bertz CT molecular complexity index is 1100. The van der Waals surface area contributed by atoms with Crippen LogP contribution in [0.3, 0.4) is 0 Å². The molecular weight excluding hydrogens is 453 g/mol. The van der Waals surface area contributed by atoms with Crippen LogP contribution in [-0.2, 0) is 23.6 Å². The number of aromatic nitrogens is 3. The molecule has 29 heavy (non-hydrogen) atoms. The Morgan fingerprint density at radius 1 is 1.24 bits per heavy atom. The van der Waals surface area contributed by atoms with Crippen molar-refractivity contribution in [3.63, 3.8) is 0 Å². The van der Waals surface area contributed by atoms with Crippen molar-refractivity contribution >= 4 is 44.6 Å². The molecule has 0 radical (unpaired) electrons. The van der Waals surface area contributed by atoms with E-state index in [0.29, 0.717) is 29.3 Å². The van der Waals surface area contributed by atoms with Crippen LogP contribution in [0.15, 0.2) is 47.9 Å². The molecule has 1 fully saturated rings. The molecule has 3 aromatic rings. The molecule has 0 aliphatic carbocycles. The molecule has 1 N–H and O–H groups in total. The summed E-state index contributed by atoms with van der Waals surface area (Å²) in [6.45, 7) is 1.18. The molecule has 2 atom stereocenters. The molecule has 1 aliphatic rings. The van der Waals surface area contributed by atoms with Gasteiger partial charge in [-0.3, -0.25) is 0 Å². The van der Waals surface area contributed by atoms with E-state index in [0.717, 1.165) is 10.4 Å². The molecule has 0 amide bonds. The SMILES string of the molecule is Cn1cnc(S(=O)(=O)N2C[C@H](NCc3sc(Cl)nc3Cl)[C@@H](c3ccccc3)C2)c1. The fourth-order valence-corrected chi connectivity index (χ4v) is 6.31. The van der Waals surface area contributed by atoms with Gasteiger partial charge in [0.05, 0.1) is 11.2 Å². The zero-order valence-corrected chi connectivity index (χ0v) is 18.6. The van der Waals surface area contributed by atoms with Crippen molar-refractivity contribution in [3.8, 4) is 0 Å². The van der Waals surface area contributed by atoms with Gasteiger partial charge >= 0.3 is 0 Å². The minimum absolute atomic E-state index is 0.00291. The zero-order valence-electron chi connectivity index (χ0n) is 15.5. The lowest BCUT2D eigenvalue weighted by Gasteiger charge is -2.19. The van der Waals surface area contributed by atoms with Gasteiger partial charge in [-0.2, -0.15) is 4.31 Å². The van der Waals surface area contributed by atoms with Gasteiger partial charge in [-0.05, 0) is 5.56 Å². The maximum absolute atomic E-state index is 13.1. The first kappa shape index (κ1) is 20.8. The van der Waals surface area contributed by atoms with E-state index in [9.17, 15) is 8.42 Å². The molecule has 0 spiro atoms. The Morgan fingerprint density at radius 2 is 2.00 bits per heavy atom. The monoisotopic (exact) mass is 471 g/mol. The maximum atomic E-state index is 13.1. The van der Waals surface area contributed by atoms with Crippen molar-refractivity contribution in [1.82, 2.24) is 24.2 Å². The van der Waals surface area contributed by atoms with Crippen molar-refractivity contribution in [2.45, 2.75) is 23.5 Å². The van der Waals surface area contributed by atoms with Gasteiger partial charge < -0.3 is 9.88 Å². The second-order valence-electron chi connectivity index (χ2n) is 6.88. The Balaban J connectivity index is 1.58.